The molecule has 1 aliphatic rings. The quantitative estimate of drug-likeness (QED) is 0.518. The number of piperazine rings is 1. The number of methoxy groups -OCH3 is 1. The number of hydrogen-bond acceptors (Lipinski definition) is 7. The summed E-state index contributed by atoms with van der Waals surface area (Å²) in [4.78, 5) is 44.4. The summed E-state index contributed by atoms with van der Waals surface area (Å²) in [7, 11) is 4.65. The van der Waals surface area contributed by atoms with Crippen molar-refractivity contribution in [1.29, 1.82) is 0 Å². The van der Waals surface area contributed by atoms with Crippen LogP contribution >= 0.6 is 0 Å². The lowest BCUT2D eigenvalue weighted by molar-refractivity contribution is -0.153. The van der Waals surface area contributed by atoms with E-state index in [0.717, 1.165) is 32.7 Å². The standard InChI is InChI=1S/C22H42N4O6/c1-16(15-26-11-9-25(10-12-26)13-14-31-8)18(20(28)29)24(7)19(27)17(2)23(6)21(30)32-22(3,4)5/h16-18H,9-15H2,1-8H3,(H,28,29). The fourth-order valence-corrected chi connectivity index (χ4v) is 3.80. The number of aliphatic carboxylic acids is 1. The van der Waals surface area contributed by atoms with Gasteiger partial charge in [-0.2, -0.15) is 0 Å². The molecule has 32 heavy (non-hydrogen) atoms. The lowest BCUT2D eigenvalue weighted by atomic mass is 9.98. The zero-order chi connectivity index (χ0) is 24.6. The van der Waals surface area contributed by atoms with E-state index in [1.54, 1.807) is 34.8 Å². The molecule has 0 aromatic heterocycles. The van der Waals surface area contributed by atoms with Crippen molar-refractivity contribution in [3.63, 3.8) is 0 Å². The van der Waals surface area contributed by atoms with Gasteiger partial charge in [0.15, 0.2) is 0 Å². The van der Waals surface area contributed by atoms with E-state index in [1.165, 1.54) is 23.9 Å². The number of carboxylic acid groups (broad SMARTS) is 1. The second-order valence-corrected chi connectivity index (χ2v) is 9.61. The molecular weight excluding hydrogens is 416 g/mol. The van der Waals surface area contributed by atoms with E-state index in [-0.39, 0.29) is 5.92 Å². The van der Waals surface area contributed by atoms with Crippen LogP contribution in [0.4, 0.5) is 4.79 Å². The molecule has 186 valence electrons. The first-order valence-corrected chi connectivity index (χ1v) is 11.2. The number of amides is 2. The zero-order valence-electron chi connectivity index (χ0n) is 21.0. The summed E-state index contributed by atoms with van der Waals surface area (Å²) in [5, 5.41) is 9.87. The second-order valence-electron chi connectivity index (χ2n) is 9.61. The van der Waals surface area contributed by atoms with Gasteiger partial charge in [-0.05, 0) is 33.6 Å². The zero-order valence-corrected chi connectivity index (χ0v) is 21.0. The van der Waals surface area contributed by atoms with Crippen LogP contribution in [0.15, 0.2) is 0 Å². The molecule has 1 fully saturated rings. The van der Waals surface area contributed by atoms with Gasteiger partial charge in [0.2, 0.25) is 5.91 Å². The highest BCUT2D eigenvalue weighted by molar-refractivity contribution is 5.89. The molecule has 0 spiro atoms. The van der Waals surface area contributed by atoms with Crippen LogP contribution in [-0.2, 0) is 19.1 Å². The minimum atomic E-state index is -1.06. The number of rotatable bonds is 10. The van der Waals surface area contributed by atoms with Crippen LogP contribution < -0.4 is 0 Å². The van der Waals surface area contributed by atoms with Crippen molar-refractivity contribution in [1.82, 2.24) is 19.6 Å². The Morgan fingerprint density at radius 3 is 2.00 bits per heavy atom. The van der Waals surface area contributed by atoms with Gasteiger partial charge < -0.3 is 24.4 Å². The number of carbonyl (C=O) groups excluding carboxylic acids is 2. The van der Waals surface area contributed by atoms with Gasteiger partial charge in [0.25, 0.3) is 0 Å². The summed E-state index contributed by atoms with van der Waals surface area (Å²) in [5.74, 6) is -1.78. The van der Waals surface area contributed by atoms with Crippen LogP contribution in [-0.4, -0.2) is 127 Å². The van der Waals surface area contributed by atoms with Gasteiger partial charge in [-0.3, -0.25) is 14.6 Å². The molecule has 3 unspecified atom stereocenters. The fraction of sp³-hybridized carbons (Fsp3) is 0.864. The summed E-state index contributed by atoms with van der Waals surface area (Å²) in [6.07, 6.45) is -0.627. The van der Waals surface area contributed by atoms with E-state index in [0.29, 0.717) is 13.2 Å². The third-order valence-corrected chi connectivity index (χ3v) is 5.80. The number of nitrogens with zero attached hydrogens (tertiary/aromatic N) is 4. The minimum Gasteiger partial charge on any atom is -0.480 e. The molecule has 3 atom stereocenters. The third kappa shape index (κ3) is 8.55. The first-order valence-electron chi connectivity index (χ1n) is 11.2. The molecule has 0 saturated carbocycles. The van der Waals surface area contributed by atoms with Gasteiger partial charge in [0.1, 0.15) is 17.7 Å². The van der Waals surface area contributed by atoms with E-state index in [9.17, 15) is 19.5 Å². The Balaban J connectivity index is 2.73. The molecule has 1 saturated heterocycles. The van der Waals surface area contributed by atoms with Gasteiger partial charge in [0.05, 0.1) is 6.61 Å². The summed E-state index contributed by atoms with van der Waals surface area (Å²) in [5.41, 5.74) is -0.689. The third-order valence-electron chi connectivity index (χ3n) is 5.80. The Bertz CT molecular complexity index is 630. The molecule has 0 radical (unpaired) electrons. The van der Waals surface area contributed by atoms with Crippen LogP contribution in [0, 0.1) is 5.92 Å². The van der Waals surface area contributed by atoms with E-state index >= 15 is 0 Å². The van der Waals surface area contributed by atoms with Crippen molar-refractivity contribution in [2.75, 3.05) is 67.1 Å². The van der Waals surface area contributed by atoms with Crippen molar-refractivity contribution in [2.45, 2.75) is 52.3 Å². The largest absolute Gasteiger partial charge is 0.480 e. The number of ether oxygens (including phenoxy) is 2. The first-order chi connectivity index (χ1) is 14.8. The molecule has 10 nitrogen and oxygen atoms in total. The number of carbonyl (C=O) groups is 3. The van der Waals surface area contributed by atoms with E-state index in [4.69, 9.17) is 9.47 Å². The van der Waals surface area contributed by atoms with E-state index in [1.807, 2.05) is 6.92 Å². The molecule has 0 bridgehead atoms. The van der Waals surface area contributed by atoms with E-state index in [2.05, 4.69) is 9.80 Å². The van der Waals surface area contributed by atoms with Crippen molar-refractivity contribution >= 4 is 18.0 Å². The monoisotopic (exact) mass is 458 g/mol. The SMILES string of the molecule is COCCN1CCN(CC(C)C(C(=O)O)N(C)C(=O)C(C)N(C)C(=O)OC(C)(C)C)CC1. The Kier molecular flexibility index (Phi) is 10.9. The lowest BCUT2D eigenvalue weighted by Crippen LogP contribution is -2.56. The topological polar surface area (TPSA) is 103 Å². The summed E-state index contributed by atoms with van der Waals surface area (Å²) in [6.45, 7) is 14.3. The Labute approximate surface area is 192 Å². The predicted octanol–water partition coefficient (Wildman–Crippen LogP) is 1.05. The molecule has 0 aromatic carbocycles. The molecule has 1 heterocycles. The maximum absolute atomic E-state index is 13.0. The van der Waals surface area contributed by atoms with Gasteiger partial charge in [-0.25, -0.2) is 9.59 Å². The Morgan fingerprint density at radius 1 is 1.00 bits per heavy atom. The average Bonchev–Trinajstić information content (AvgIpc) is 2.70. The van der Waals surface area contributed by atoms with Gasteiger partial charge in [0, 0.05) is 60.5 Å². The van der Waals surface area contributed by atoms with Crippen LogP contribution in [0.2, 0.25) is 0 Å². The van der Waals surface area contributed by atoms with Gasteiger partial charge in [-0.1, -0.05) is 6.92 Å². The molecule has 1 N–H and O–H groups in total. The normalized spacial score (nSPS) is 18.5. The van der Waals surface area contributed by atoms with Crippen LogP contribution in [0.3, 0.4) is 0 Å². The summed E-state index contributed by atoms with van der Waals surface area (Å²) < 4.78 is 10.4. The molecule has 1 aliphatic heterocycles. The molecule has 10 heteroatoms. The minimum absolute atomic E-state index is 0.286. The van der Waals surface area contributed by atoms with Crippen LogP contribution in [0.5, 0.6) is 0 Å². The highest BCUT2D eigenvalue weighted by Gasteiger charge is 2.37. The molecule has 0 aliphatic carbocycles. The smallest absolute Gasteiger partial charge is 0.410 e. The average molecular weight is 459 g/mol. The van der Waals surface area contributed by atoms with Gasteiger partial charge >= 0.3 is 12.1 Å². The predicted molar refractivity (Wildman–Crippen MR) is 122 cm³/mol. The second kappa shape index (κ2) is 12.4. The lowest BCUT2D eigenvalue weighted by Gasteiger charge is -2.39. The van der Waals surface area contributed by atoms with E-state index < -0.39 is 35.7 Å². The molecular formula is C22H42N4O6. The van der Waals surface area contributed by atoms with Crippen molar-refractivity contribution in [3.05, 3.63) is 0 Å². The molecule has 0 aromatic rings. The summed E-state index contributed by atoms with van der Waals surface area (Å²) in [6, 6.07) is -1.85. The van der Waals surface area contributed by atoms with Gasteiger partial charge in [-0.15, -0.1) is 0 Å². The number of hydrogen-bond donors (Lipinski definition) is 1. The maximum Gasteiger partial charge on any atom is 0.410 e. The number of likely N-dealkylation sites (N-methyl/N-ethyl adjacent to an activating group) is 2. The van der Waals surface area contributed by atoms with Crippen molar-refractivity contribution in [3.8, 4) is 0 Å². The molecule has 1 rings (SSSR count). The Morgan fingerprint density at radius 2 is 1.53 bits per heavy atom. The molecule has 2 amide bonds. The highest BCUT2D eigenvalue weighted by Crippen LogP contribution is 2.17. The van der Waals surface area contributed by atoms with Crippen LogP contribution in [0.25, 0.3) is 0 Å². The highest BCUT2D eigenvalue weighted by atomic mass is 16.6. The Hall–Kier alpha value is -1.91. The number of carboxylic acids is 1. The first kappa shape index (κ1) is 28.1. The fourth-order valence-electron chi connectivity index (χ4n) is 3.80. The van der Waals surface area contributed by atoms with Crippen LogP contribution in [0.1, 0.15) is 34.6 Å². The maximum atomic E-state index is 13.0. The van der Waals surface area contributed by atoms with Crippen molar-refractivity contribution in [2.24, 2.45) is 5.92 Å². The van der Waals surface area contributed by atoms with Crippen molar-refractivity contribution < 1.29 is 29.0 Å². The summed E-state index contributed by atoms with van der Waals surface area (Å²) >= 11 is 0.